The molecule has 0 heterocycles. The van der Waals surface area contributed by atoms with E-state index >= 15 is 0 Å². The van der Waals surface area contributed by atoms with Gasteiger partial charge < -0.3 is 0 Å². The quantitative estimate of drug-likeness (QED) is 0.585. The van der Waals surface area contributed by atoms with Gasteiger partial charge in [-0.2, -0.15) is 16.8 Å². The molecule has 0 aromatic rings. The van der Waals surface area contributed by atoms with Crippen molar-refractivity contribution < 1.29 is 25.6 Å². The zero-order valence-corrected chi connectivity index (χ0v) is 13.5. The molecule has 0 amide bonds. The van der Waals surface area contributed by atoms with Gasteiger partial charge in [-0.25, -0.2) is 0 Å². The van der Waals surface area contributed by atoms with Gasteiger partial charge in [-0.05, 0) is 68.1 Å². The Balaban J connectivity index is 1.60. The molecule has 0 spiro atoms. The standard InChI is InChI=1S/C13H22O6S2/c14-20(15,16)9-19-21(17,18)2-1-13-6-10-3-11(7-13)5-12(4-10)8-13/h10-12H,1-9H2,(H,14,15,16). The summed E-state index contributed by atoms with van der Waals surface area (Å²) >= 11 is 0. The Bertz CT molecular complexity index is 571. The lowest BCUT2D eigenvalue weighted by atomic mass is 9.49. The highest BCUT2D eigenvalue weighted by molar-refractivity contribution is 7.89. The lowest BCUT2D eigenvalue weighted by Crippen LogP contribution is -2.46. The average molecular weight is 338 g/mol. The summed E-state index contributed by atoms with van der Waals surface area (Å²) < 4.78 is 57.6. The first-order chi connectivity index (χ1) is 9.65. The maximum atomic E-state index is 11.8. The van der Waals surface area contributed by atoms with Crippen LogP contribution in [-0.4, -0.2) is 33.1 Å². The summed E-state index contributed by atoms with van der Waals surface area (Å²) in [5.41, 5.74) is 0.114. The van der Waals surface area contributed by atoms with E-state index in [2.05, 4.69) is 4.18 Å². The van der Waals surface area contributed by atoms with Crippen molar-refractivity contribution in [3.63, 3.8) is 0 Å². The minimum Gasteiger partial charge on any atom is -0.284 e. The van der Waals surface area contributed by atoms with Crippen LogP contribution in [0.25, 0.3) is 0 Å². The highest BCUT2D eigenvalue weighted by Crippen LogP contribution is 2.61. The van der Waals surface area contributed by atoms with Gasteiger partial charge in [0.25, 0.3) is 20.2 Å². The first-order valence-corrected chi connectivity index (χ1v) is 10.7. The average Bonchev–Trinajstić information content (AvgIpc) is 2.32. The molecule has 4 aliphatic rings. The van der Waals surface area contributed by atoms with Gasteiger partial charge in [-0.1, -0.05) is 0 Å². The van der Waals surface area contributed by atoms with Gasteiger partial charge in [0.2, 0.25) is 0 Å². The highest BCUT2D eigenvalue weighted by Gasteiger charge is 2.50. The Hall–Kier alpha value is -0.180. The molecule has 8 heteroatoms. The fourth-order valence-electron chi connectivity index (χ4n) is 5.13. The van der Waals surface area contributed by atoms with Crippen LogP contribution in [0.1, 0.15) is 44.9 Å². The Kier molecular flexibility index (Phi) is 3.87. The molecule has 21 heavy (non-hydrogen) atoms. The lowest BCUT2D eigenvalue weighted by Gasteiger charge is -2.57. The van der Waals surface area contributed by atoms with Crippen LogP contribution in [0.4, 0.5) is 0 Å². The summed E-state index contributed by atoms with van der Waals surface area (Å²) in [5.74, 6) is 0.901. The monoisotopic (exact) mass is 338 g/mol. The Morgan fingerprint density at radius 3 is 1.86 bits per heavy atom. The number of hydrogen-bond acceptors (Lipinski definition) is 5. The van der Waals surface area contributed by atoms with Crippen molar-refractivity contribution in [3.05, 3.63) is 0 Å². The third kappa shape index (κ3) is 3.78. The topological polar surface area (TPSA) is 97.7 Å². The van der Waals surface area contributed by atoms with Gasteiger partial charge in [0, 0.05) is 0 Å². The van der Waals surface area contributed by atoms with Gasteiger partial charge in [0.05, 0.1) is 5.75 Å². The van der Waals surface area contributed by atoms with E-state index in [1.54, 1.807) is 0 Å². The van der Waals surface area contributed by atoms with Crippen molar-refractivity contribution >= 4 is 20.2 Å². The van der Waals surface area contributed by atoms with Crippen molar-refractivity contribution in [2.45, 2.75) is 44.9 Å². The van der Waals surface area contributed by atoms with E-state index in [0.717, 1.165) is 37.0 Å². The summed E-state index contributed by atoms with van der Waals surface area (Å²) in [6.07, 6.45) is 7.75. The van der Waals surface area contributed by atoms with Crippen LogP contribution in [0.5, 0.6) is 0 Å². The van der Waals surface area contributed by atoms with Crippen LogP contribution in [-0.2, 0) is 24.4 Å². The second-order valence-corrected chi connectivity index (χ2v) is 10.4. The van der Waals surface area contributed by atoms with Crippen molar-refractivity contribution in [3.8, 4) is 0 Å². The minimum absolute atomic E-state index is 0.114. The molecule has 1 N–H and O–H groups in total. The van der Waals surface area contributed by atoms with Crippen molar-refractivity contribution in [1.29, 1.82) is 0 Å². The largest absolute Gasteiger partial charge is 0.290 e. The maximum absolute atomic E-state index is 11.8. The molecule has 6 nitrogen and oxygen atoms in total. The molecule has 0 atom stereocenters. The zero-order valence-electron chi connectivity index (χ0n) is 11.9. The van der Waals surface area contributed by atoms with Gasteiger partial charge in [0.15, 0.2) is 5.94 Å². The highest BCUT2D eigenvalue weighted by atomic mass is 32.2. The summed E-state index contributed by atoms with van der Waals surface area (Å²) in [5, 5.41) is 0. The normalized spacial score (nSPS) is 38.8. The predicted octanol–water partition coefficient (Wildman–Crippen LogP) is 1.78. The summed E-state index contributed by atoms with van der Waals surface area (Å²) in [6.45, 7) is 0. The van der Waals surface area contributed by atoms with E-state index in [4.69, 9.17) is 4.55 Å². The Labute approximate surface area is 126 Å². The summed E-state index contributed by atoms with van der Waals surface area (Å²) in [6, 6.07) is 0. The van der Waals surface area contributed by atoms with Crippen molar-refractivity contribution in [2.75, 3.05) is 11.7 Å². The second-order valence-electron chi connectivity index (χ2n) is 7.25. The van der Waals surface area contributed by atoms with E-state index in [1.165, 1.54) is 19.3 Å². The minimum atomic E-state index is -4.42. The molecule has 0 radical (unpaired) electrons. The SMILES string of the molecule is O=S(=O)(O)COS(=O)(=O)CCC12CC3CC(CC(C3)C1)C2. The fourth-order valence-corrected chi connectivity index (χ4v) is 7.00. The van der Waals surface area contributed by atoms with E-state index < -0.39 is 26.2 Å². The molecule has 0 saturated heterocycles. The summed E-state index contributed by atoms with van der Waals surface area (Å²) in [4.78, 5) is 0. The first kappa shape index (κ1) is 15.7. The Morgan fingerprint density at radius 1 is 0.952 bits per heavy atom. The van der Waals surface area contributed by atoms with E-state index in [1.807, 2.05) is 0 Å². The molecule has 0 aliphatic heterocycles. The molecular weight excluding hydrogens is 316 g/mol. The smallest absolute Gasteiger partial charge is 0.284 e. The van der Waals surface area contributed by atoms with E-state index in [0.29, 0.717) is 6.42 Å². The first-order valence-electron chi connectivity index (χ1n) is 7.47. The van der Waals surface area contributed by atoms with Gasteiger partial charge in [-0.3, -0.25) is 8.74 Å². The van der Waals surface area contributed by atoms with Gasteiger partial charge >= 0.3 is 0 Å². The van der Waals surface area contributed by atoms with E-state index in [9.17, 15) is 16.8 Å². The number of hydrogen-bond donors (Lipinski definition) is 1. The third-order valence-electron chi connectivity index (χ3n) is 5.42. The van der Waals surface area contributed by atoms with Gasteiger partial charge in [-0.15, -0.1) is 0 Å². The molecule has 122 valence electrons. The molecule has 4 saturated carbocycles. The maximum Gasteiger partial charge on any atom is 0.290 e. The second kappa shape index (κ2) is 5.18. The molecule has 0 aromatic carbocycles. The zero-order chi connectivity index (χ0) is 15.3. The van der Waals surface area contributed by atoms with Gasteiger partial charge in [0.1, 0.15) is 0 Å². The molecule has 4 rings (SSSR count). The van der Waals surface area contributed by atoms with Crippen LogP contribution in [0, 0.1) is 23.2 Å². The van der Waals surface area contributed by atoms with Crippen LogP contribution in [0.3, 0.4) is 0 Å². The van der Waals surface area contributed by atoms with Crippen LogP contribution in [0.2, 0.25) is 0 Å². The number of rotatable bonds is 6. The van der Waals surface area contributed by atoms with Crippen LogP contribution < -0.4 is 0 Å². The molecular formula is C13H22O6S2. The van der Waals surface area contributed by atoms with Crippen LogP contribution in [0.15, 0.2) is 0 Å². The lowest BCUT2D eigenvalue weighted by molar-refractivity contribution is -0.0542. The third-order valence-corrected chi connectivity index (χ3v) is 7.17. The molecule has 0 unspecified atom stereocenters. The van der Waals surface area contributed by atoms with Crippen molar-refractivity contribution in [2.24, 2.45) is 23.2 Å². The molecule has 4 fully saturated rings. The fraction of sp³-hybridized carbons (Fsp3) is 1.00. The predicted molar refractivity (Wildman–Crippen MR) is 76.5 cm³/mol. The van der Waals surface area contributed by atoms with E-state index in [-0.39, 0.29) is 11.2 Å². The van der Waals surface area contributed by atoms with Crippen LogP contribution >= 0.6 is 0 Å². The molecule has 4 aliphatic carbocycles. The Morgan fingerprint density at radius 2 is 1.43 bits per heavy atom. The summed E-state index contributed by atoms with van der Waals surface area (Å²) in [7, 11) is -8.32. The van der Waals surface area contributed by atoms with Crippen molar-refractivity contribution in [1.82, 2.24) is 0 Å². The molecule has 4 bridgehead atoms. The molecule has 0 aromatic heterocycles.